The molecule has 2 aromatic carbocycles. The van der Waals surface area contributed by atoms with Crippen LogP contribution in [0.3, 0.4) is 0 Å². The van der Waals surface area contributed by atoms with Crippen LogP contribution in [0.25, 0.3) is 0 Å². The van der Waals surface area contributed by atoms with E-state index < -0.39 is 44.8 Å². The first-order chi connectivity index (χ1) is 13.3. The lowest BCUT2D eigenvalue weighted by atomic mass is 10.2. The molecule has 3 rings (SSSR count). The van der Waals surface area contributed by atoms with E-state index in [2.05, 4.69) is 0 Å². The Kier molecular flexibility index (Phi) is 5.59. The van der Waals surface area contributed by atoms with Crippen molar-refractivity contribution in [2.45, 2.75) is 12.5 Å². The topological polar surface area (TPSA) is 107 Å². The molecule has 1 aliphatic rings. The molecule has 1 saturated heterocycles. The Bertz CT molecular complexity index is 996. The Balaban J connectivity index is 1.83. The largest absolute Gasteiger partial charge is 0.477 e. The molecule has 0 unspecified atom stereocenters. The smallest absolute Gasteiger partial charge is 0.311 e. The zero-order valence-electron chi connectivity index (χ0n) is 14.7. The van der Waals surface area contributed by atoms with Crippen molar-refractivity contribution in [3.05, 3.63) is 64.5 Å². The molecule has 0 aromatic heterocycles. The number of hydrogen-bond donors (Lipinski definition) is 0. The normalized spacial score (nSPS) is 17.8. The Morgan fingerprint density at radius 2 is 1.96 bits per heavy atom. The number of nitro benzene ring substituents is 1. The zero-order chi connectivity index (χ0) is 20.3. The number of rotatable bonds is 6. The number of para-hydroxylation sites is 1. The van der Waals surface area contributed by atoms with Gasteiger partial charge in [-0.1, -0.05) is 18.2 Å². The van der Waals surface area contributed by atoms with Gasteiger partial charge in [-0.25, -0.2) is 12.8 Å². The second-order valence-electron chi connectivity index (χ2n) is 6.31. The van der Waals surface area contributed by atoms with Gasteiger partial charge in [-0.2, -0.15) is 0 Å². The highest BCUT2D eigenvalue weighted by molar-refractivity contribution is 7.91. The summed E-state index contributed by atoms with van der Waals surface area (Å²) in [6, 6.07) is 10.6. The maximum atomic E-state index is 13.4. The van der Waals surface area contributed by atoms with Gasteiger partial charge in [0, 0.05) is 17.8 Å². The summed E-state index contributed by atoms with van der Waals surface area (Å²) in [5.74, 6) is -1.88. The number of nitrogens with zero attached hydrogens (tertiary/aromatic N) is 2. The number of halogens is 1. The minimum absolute atomic E-state index is 0.0233. The number of sulfone groups is 1. The van der Waals surface area contributed by atoms with Crippen LogP contribution in [0.15, 0.2) is 48.5 Å². The monoisotopic (exact) mass is 408 g/mol. The summed E-state index contributed by atoms with van der Waals surface area (Å²) >= 11 is 0. The molecule has 148 valence electrons. The highest BCUT2D eigenvalue weighted by Gasteiger charge is 2.35. The van der Waals surface area contributed by atoms with Crippen molar-refractivity contribution in [1.29, 1.82) is 0 Å². The summed E-state index contributed by atoms with van der Waals surface area (Å²) in [6.45, 7) is -0.601. The molecule has 2 aromatic rings. The summed E-state index contributed by atoms with van der Waals surface area (Å²) in [6.07, 6.45) is 0.281. The van der Waals surface area contributed by atoms with E-state index in [1.54, 1.807) is 30.3 Å². The van der Waals surface area contributed by atoms with E-state index in [1.807, 2.05) is 0 Å². The second-order valence-corrected chi connectivity index (χ2v) is 8.54. The van der Waals surface area contributed by atoms with Crippen molar-refractivity contribution in [2.24, 2.45) is 0 Å². The summed E-state index contributed by atoms with van der Waals surface area (Å²) < 4.78 is 42.4. The van der Waals surface area contributed by atoms with Crippen LogP contribution in [0.4, 0.5) is 15.8 Å². The number of carbonyl (C=O) groups is 1. The minimum atomic E-state index is -3.25. The van der Waals surface area contributed by atoms with Crippen LogP contribution in [-0.2, 0) is 14.6 Å². The van der Waals surface area contributed by atoms with Crippen LogP contribution in [0.1, 0.15) is 6.42 Å². The van der Waals surface area contributed by atoms with Gasteiger partial charge in [0.25, 0.3) is 5.91 Å². The van der Waals surface area contributed by atoms with Crippen molar-refractivity contribution in [3.8, 4) is 5.75 Å². The molecule has 0 aliphatic carbocycles. The maximum absolute atomic E-state index is 13.4. The number of carbonyl (C=O) groups excluding carboxylic acids is 1. The van der Waals surface area contributed by atoms with Crippen molar-refractivity contribution < 1.29 is 27.3 Å². The highest BCUT2D eigenvalue weighted by atomic mass is 32.2. The zero-order valence-corrected chi connectivity index (χ0v) is 15.5. The summed E-state index contributed by atoms with van der Waals surface area (Å²) in [4.78, 5) is 24.5. The average molecular weight is 408 g/mol. The van der Waals surface area contributed by atoms with Crippen molar-refractivity contribution in [2.75, 3.05) is 23.0 Å². The van der Waals surface area contributed by atoms with Gasteiger partial charge >= 0.3 is 5.69 Å². The predicted octanol–water partition coefficient (Wildman–Crippen LogP) is 2.33. The number of ether oxygens (including phenoxy) is 1. The molecule has 0 saturated carbocycles. The molecule has 1 atom stereocenters. The first-order valence-corrected chi connectivity index (χ1v) is 10.2. The predicted molar refractivity (Wildman–Crippen MR) is 99.5 cm³/mol. The molecule has 0 N–H and O–H groups in total. The molecule has 28 heavy (non-hydrogen) atoms. The maximum Gasteiger partial charge on any atom is 0.311 e. The number of amides is 1. The molecule has 0 radical (unpaired) electrons. The van der Waals surface area contributed by atoms with E-state index in [-0.39, 0.29) is 23.7 Å². The Labute approximate surface area is 160 Å². The number of hydrogen-bond acceptors (Lipinski definition) is 6. The van der Waals surface area contributed by atoms with Crippen molar-refractivity contribution in [1.82, 2.24) is 0 Å². The minimum Gasteiger partial charge on any atom is -0.477 e. The van der Waals surface area contributed by atoms with Crippen molar-refractivity contribution >= 4 is 27.1 Å². The second kappa shape index (κ2) is 7.93. The third-order valence-corrected chi connectivity index (χ3v) is 6.10. The summed E-state index contributed by atoms with van der Waals surface area (Å²) in [5, 5.41) is 11.1. The summed E-state index contributed by atoms with van der Waals surface area (Å²) in [7, 11) is -3.25. The molecule has 0 spiro atoms. The molecule has 8 nitrogen and oxygen atoms in total. The van der Waals surface area contributed by atoms with E-state index >= 15 is 0 Å². The molecule has 1 aliphatic heterocycles. The van der Waals surface area contributed by atoms with Crippen molar-refractivity contribution in [3.63, 3.8) is 0 Å². The highest BCUT2D eigenvalue weighted by Crippen LogP contribution is 2.28. The Hall–Kier alpha value is -3.01. The molecule has 1 amide bonds. The first-order valence-electron chi connectivity index (χ1n) is 8.41. The Morgan fingerprint density at radius 1 is 1.25 bits per heavy atom. The molecule has 1 heterocycles. The lowest BCUT2D eigenvalue weighted by molar-refractivity contribution is -0.385. The van der Waals surface area contributed by atoms with E-state index in [0.717, 1.165) is 18.2 Å². The van der Waals surface area contributed by atoms with Gasteiger partial charge in [0.2, 0.25) is 5.75 Å². The van der Waals surface area contributed by atoms with Crippen LogP contribution in [0, 0.1) is 15.9 Å². The SMILES string of the molecule is O=C(COc1cc(F)ccc1[N+](=O)[O-])N(c1ccccc1)[C@@H]1CCS(=O)(=O)C1. The summed E-state index contributed by atoms with van der Waals surface area (Å²) in [5.41, 5.74) is 0.0239. The van der Waals surface area contributed by atoms with Gasteiger partial charge in [-0.3, -0.25) is 14.9 Å². The molecular weight excluding hydrogens is 391 g/mol. The van der Waals surface area contributed by atoms with E-state index in [1.165, 1.54) is 4.90 Å². The third-order valence-electron chi connectivity index (χ3n) is 4.35. The van der Waals surface area contributed by atoms with E-state index in [9.17, 15) is 27.7 Å². The van der Waals surface area contributed by atoms with Gasteiger partial charge in [0.1, 0.15) is 5.82 Å². The fraction of sp³-hybridized carbons (Fsp3) is 0.278. The number of nitro groups is 1. The Morgan fingerprint density at radius 3 is 2.57 bits per heavy atom. The van der Waals surface area contributed by atoms with E-state index in [4.69, 9.17) is 4.74 Å². The number of anilines is 1. The lowest BCUT2D eigenvalue weighted by Crippen LogP contribution is -2.43. The lowest BCUT2D eigenvalue weighted by Gasteiger charge is -2.28. The quantitative estimate of drug-likeness (QED) is 0.536. The first kappa shape index (κ1) is 19.7. The van der Waals surface area contributed by atoms with Crippen LogP contribution >= 0.6 is 0 Å². The van der Waals surface area contributed by atoms with Gasteiger partial charge in [-0.05, 0) is 24.6 Å². The fourth-order valence-electron chi connectivity index (χ4n) is 3.09. The van der Waals surface area contributed by atoms with Gasteiger partial charge < -0.3 is 9.64 Å². The average Bonchev–Trinajstić information content (AvgIpc) is 3.00. The van der Waals surface area contributed by atoms with Crippen LogP contribution in [0.2, 0.25) is 0 Å². The van der Waals surface area contributed by atoms with Gasteiger partial charge in [0.05, 0.1) is 22.5 Å². The molecule has 0 bridgehead atoms. The third kappa shape index (κ3) is 4.45. The van der Waals surface area contributed by atoms with E-state index in [0.29, 0.717) is 5.69 Å². The molecular formula is C18H17FN2O6S. The van der Waals surface area contributed by atoms with Crippen LogP contribution in [0.5, 0.6) is 5.75 Å². The fourth-order valence-corrected chi connectivity index (χ4v) is 4.79. The van der Waals surface area contributed by atoms with Gasteiger partial charge in [-0.15, -0.1) is 0 Å². The molecule has 10 heteroatoms. The van der Waals surface area contributed by atoms with Gasteiger partial charge in [0.15, 0.2) is 16.4 Å². The number of benzene rings is 2. The van der Waals surface area contributed by atoms with Crippen LogP contribution < -0.4 is 9.64 Å². The van der Waals surface area contributed by atoms with Crippen LogP contribution in [-0.4, -0.2) is 43.4 Å². The standard InChI is InChI=1S/C18H17FN2O6S/c19-13-6-7-16(21(23)24)17(10-13)27-11-18(22)20(14-4-2-1-3-5-14)15-8-9-28(25,26)12-15/h1-7,10,15H,8-9,11-12H2/t15-/m1/s1. The molecule has 1 fully saturated rings.